The molecule has 1 atom stereocenters. The average molecular weight is 297 g/mol. The van der Waals surface area contributed by atoms with Gasteiger partial charge in [-0.25, -0.2) is 14.6 Å². The van der Waals surface area contributed by atoms with E-state index in [0.717, 1.165) is 22.5 Å². The van der Waals surface area contributed by atoms with Crippen molar-refractivity contribution in [2.75, 3.05) is 19.0 Å². The van der Waals surface area contributed by atoms with Crippen molar-refractivity contribution >= 4 is 16.9 Å². The molecule has 114 valence electrons. The molecule has 0 fully saturated rings. The molecule has 0 aliphatic rings. The number of aromatic nitrogens is 4. The Morgan fingerprint density at radius 1 is 1.32 bits per heavy atom. The summed E-state index contributed by atoms with van der Waals surface area (Å²) in [5.74, 6) is 0.772. The van der Waals surface area contributed by atoms with E-state index in [4.69, 9.17) is 4.74 Å². The SMILES string of the molecule is COCC(C)Nc1ncnc2c1cnn2-c1cccc(C)c1. The highest BCUT2D eigenvalue weighted by molar-refractivity contribution is 5.87. The van der Waals surface area contributed by atoms with Gasteiger partial charge in [0.25, 0.3) is 0 Å². The van der Waals surface area contributed by atoms with Crippen LogP contribution in [0.15, 0.2) is 36.8 Å². The fourth-order valence-corrected chi connectivity index (χ4v) is 2.43. The normalized spacial score (nSPS) is 12.5. The summed E-state index contributed by atoms with van der Waals surface area (Å²) in [7, 11) is 1.68. The van der Waals surface area contributed by atoms with Crippen LogP contribution < -0.4 is 5.32 Å². The Bertz CT molecular complexity index is 783. The zero-order valence-electron chi connectivity index (χ0n) is 12.9. The Morgan fingerprint density at radius 3 is 2.95 bits per heavy atom. The maximum absolute atomic E-state index is 5.15. The van der Waals surface area contributed by atoms with E-state index in [1.807, 2.05) is 23.7 Å². The second-order valence-corrected chi connectivity index (χ2v) is 5.36. The smallest absolute Gasteiger partial charge is 0.168 e. The molecule has 0 saturated carbocycles. The van der Waals surface area contributed by atoms with E-state index >= 15 is 0 Å². The van der Waals surface area contributed by atoms with Crippen molar-refractivity contribution < 1.29 is 4.74 Å². The molecule has 6 nitrogen and oxygen atoms in total. The van der Waals surface area contributed by atoms with E-state index in [9.17, 15) is 0 Å². The lowest BCUT2D eigenvalue weighted by atomic mass is 10.2. The third-order valence-corrected chi connectivity index (χ3v) is 3.41. The fourth-order valence-electron chi connectivity index (χ4n) is 2.43. The Hall–Kier alpha value is -2.47. The highest BCUT2D eigenvalue weighted by atomic mass is 16.5. The fraction of sp³-hybridized carbons (Fsp3) is 0.312. The highest BCUT2D eigenvalue weighted by Gasteiger charge is 2.12. The van der Waals surface area contributed by atoms with E-state index in [2.05, 4.69) is 39.4 Å². The number of hydrogen-bond donors (Lipinski definition) is 1. The van der Waals surface area contributed by atoms with Gasteiger partial charge in [-0.05, 0) is 31.5 Å². The predicted octanol–water partition coefficient (Wildman–Crippen LogP) is 2.57. The molecule has 0 bridgehead atoms. The standard InChI is InChI=1S/C16H19N5O/c1-11-5-4-6-13(7-11)21-16-14(8-19-21)15(17-10-18-16)20-12(2)9-22-3/h4-8,10,12H,9H2,1-3H3,(H,17,18,20). The minimum atomic E-state index is 0.158. The lowest BCUT2D eigenvalue weighted by Crippen LogP contribution is -2.21. The first kappa shape index (κ1) is 14.5. The first-order valence-electron chi connectivity index (χ1n) is 7.20. The third kappa shape index (κ3) is 2.78. The Balaban J connectivity index is 2.02. The van der Waals surface area contributed by atoms with Gasteiger partial charge in [0, 0.05) is 13.2 Å². The van der Waals surface area contributed by atoms with Crippen LogP contribution in [-0.2, 0) is 4.74 Å². The van der Waals surface area contributed by atoms with Crippen LogP contribution >= 0.6 is 0 Å². The second-order valence-electron chi connectivity index (χ2n) is 5.36. The zero-order valence-corrected chi connectivity index (χ0v) is 12.9. The van der Waals surface area contributed by atoms with Gasteiger partial charge in [-0.1, -0.05) is 12.1 Å². The van der Waals surface area contributed by atoms with E-state index < -0.39 is 0 Å². The molecule has 0 saturated heterocycles. The quantitative estimate of drug-likeness (QED) is 0.784. The number of aryl methyl sites for hydroxylation is 1. The van der Waals surface area contributed by atoms with Crippen LogP contribution in [0.25, 0.3) is 16.7 Å². The van der Waals surface area contributed by atoms with Crippen LogP contribution in [0.4, 0.5) is 5.82 Å². The van der Waals surface area contributed by atoms with Crippen molar-refractivity contribution in [3.05, 3.63) is 42.4 Å². The van der Waals surface area contributed by atoms with Gasteiger partial charge in [-0.3, -0.25) is 0 Å². The predicted molar refractivity (Wildman–Crippen MR) is 86.4 cm³/mol. The molecular weight excluding hydrogens is 278 g/mol. The monoisotopic (exact) mass is 297 g/mol. The number of rotatable bonds is 5. The van der Waals surface area contributed by atoms with E-state index in [-0.39, 0.29) is 6.04 Å². The molecule has 2 aromatic heterocycles. The molecule has 6 heteroatoms. The molecule has 0 aliphatic heterocycles. The summed E-state index contributed by atoms with van der Waals surface area (Å²) in [6, 6.07) is 8.32. The van der Waals surface area contributed by atoms with Crippen LogP contribution in [0.3, 0.4) is 0 Å². The number of benzene rings is 1. The molecular formula is C16H19N5O. The molecule has 3 aromatic rings. The molecule has 0 spiro atoms. The van der Waals surface area contributed by atoms with Gasteiger partial charge in [0.15, 0.2) is 5.65 Å². The van der Waals surface area contributed by atoms with Crippen LogP contribution in [0, 0.1) is 6.92 Å². The first-order valence-corrected chi connectivity index (χ1v) is 7.20. The van der Waals surface area contributed by atoms with Gasteiger partial charge in [0.2, 0.25) is 0 Å². The van der Waals surface area contributed by atoms with Gasteiger partial charge in [0.1, 0.15) is 12.1 Å². The number of methoxy groups -OCH3 is 1. The number of hydrogen-bond acceptors (Lipinski definition) is 5. The minimum Gasteiger partial charge on any atom is -0.383 e. The average Bonchev–Trinajstić information content (AvgIpc) is 2.92. The molecule has 3 rings (SSSR count). The summed E-state index contributed by atoms with van der Waals surface area (Å²) in [6.07, 6.45) is 3.34. The largest absolute Gasteiger partial charge is 0.383 e. The van der Waals surface area contributed by atoms with Gasteiger partial charge >= 0.3 is 0 Å². The van der Waals surface area contributed by atoms with Crippen LogP contribution in [0.5, 0.6) is 0 Å². The number of nitrogens with one attached hydrogen (secondary N) is 1. The van der Waals surface area contributed by atoms with Gasteiger partial charge < -0.3 is 10.1 Å². The molecule has 2 heterocycles. The Kier molecular flexibility index (Phi) is 4.02. The zero-order chi connectivity index (χ0) is 15.5. The summed E-state index contributed by atoms with van der Waals surface area (Å²) in [5, 5.41) is 8.69. The van der Waals surface area contributed by atoms with E-state index in [1.54, 1.807) is 19.6 Å². The summed E-state index contributed by atoms with van der Waals surface area (Å²) in [5.41, 5.74) is 2.96. The Morgan fingerprint density at radius 2 is 2.18 bits per heavy atom. The lowest BCUT2D eigenvalue weighted by Gasteiger charge is -2.13. The molecule has 1 N–H and O–H groups in total. The van der Waals surface area contributed by atoms with Crippen molar-refractivity contribution in [1.29, 1.82) is 0 Å². The molecule has 0 radical (unpaired) electrons. The number of anilines is 1. The van der Waals surface area contributed by atoms with Gasteiger partial charge in [0.05, 0.1) is 23.9 Å². The molecule has 1 unspecified atom stereocenters. The maximum atomic E-state index is 5.15. The molecule has 0 aliphatic carbocycles. The molecule has 1 aromatic carbocycles. The van der Waals surface area contributed by atoms with Crippen molar-refractivity contribution in [2.45, 2.75) is 19.9 Å². The van der Waals surface area contributed by atoms with Crippen LogP contribution in [0.1, 0.15) is 12.5 Å². The summed E-state index contributed by atoms with van der Waals surface area (Å²) >= 11 is 0. The van der Waals surface area contributed by atoms with Gasteiger partial charge in [-0.15, -0.1) is 0 Å². The van der Waals surface area contributed by atoms with Gasteiger partial charge in [-0.2, -0.15) is 5.10 Å². The van der Waals surface area contributed by atoms with Crippen molar-refractivity contribution in [3.8, 4) is 5.69 Å². The van der Waals surface area contributed by atoms with E-state index in [0.29, 0.717) is 6.61 Å². The number of nitrogens with zero attached hydrogens (tertiary/aromatic N) is 4. The number of fused-ring (bicyclic) bond motifs is 1. The Labute approximate surface area is 129 Å². The summed E-state index contributed by atoms with van der Waals surface area (Å²) in [4.78, 5) is 8.70. The lowest BCUT2D eigenvalue weighted by molar-refractivity contribution is 0.190. The topological polar surface area (TPSA) is 64.9 Å². The van der Waals surface area contributed by atoms with Crippen LogP contribution in [-0.4, -0.2) is 39.5 Å². The van der Waals surface area contributed by atoms with Crippen molar-refractivity contribution in [1.82, 2.24) is 19.7 Å². The van der Waals surface area contributed by atoms with Crippen molar-refractivity contribution in [2.24, 2.45) is 0 Å². The highest BCUT2D eigenvalue weighted by Crippen LogP contribution is 2.22. The first-order chi connectivity index (χ1) is 10.7. The van der Waals surface area contributed by atoms with E-state index in [1.165, 1.54) is 5.56 Å². The van der Waals surface area contributed by atoms with Crippen LogP contribution in [0.2, 0.25) is 0 Å². The summed E-state index contributed by atoms with van der Waals surface area (Å²) in [6.45, 7) is 4.71. The maximum Gasteiger partial charge on any atom is 0.168 e. The number of ether oxygens (including phenoxy) is 1. The molecule has 0 amide bonds. The van der Waals surface area contributed by atoms with Crippen molar-refractivity contribution in [3.63, 3.8) is 0 Å². The summed E-state index contributed by atoms with van der Waals surface area (Å²) < 4.78 is 6.98. The third-order valence-electron chi connectivity index (χ3n) is 3.41. The minimum absolute atomic E-state index is 0.158. The molecule has 22 heavy (non-hydrogen) atoms. The second kappa shape index (κ2) is 6.11.